The predicted octanol–water partition coefficient (Wildman–Crippen LogP) is 7.94. The van der Waals surface area contributed by atoms with Crippen molar-refractivity contribution in [2.75, 3.05) is 0 Å². The quantitative estimate of drug-likeness (QED) is 0.194. The van der Waals surface area contributed by atoms with E-state index in [1.807, 2.05) is 29.0 Å². The highest BCUT2D eigenvalue weighted by Gasteiger charge is 2.23. The van der Waals surface area contributed by atoms with Gasteiger partial charge >= 0.3 is 0 Å². The van der Waals surface area contributed by atoms with Gasteiger partial charge in [-0.15, -0.1) is 11.8 Å². The van der Waals surface area contributed by atoms with Crippen molar-refractivity contribution in [3.8, 4) is 0 Å². The van der Waals surface area contributed by atoms with Crippen molar-refractivity contribution in [3.05, 3.63) is 79.7 Å². The number of halogens is 5. The van der Waals surface area contributed by atoms with Gasteiger partial charge in [0.05, 0.1) is 31.4 Å². The Balaban J connectivity index is 1.85. The van der Waals surface area contributed by atoms with Gasteiger partial charge in [-0.25, -0.2) is 4.98 Å². The molecule has 0 N–H and O–H groups in total. The Morgan fingerprint density at radius 3 is 2.11 bits per heavy atom. The second-order valence-corrected chi connectivity index (χ2v) is 9.12. The summed E-state index contributed by atoms with van der Waals surface area (Å²) in [5.74, 6) is 0. The number of hydrogen-bond acceptors (Lipinski definition) is 2. The van der Waals surface area contributed by atoms with Gasteiger partial charge in [-0.2, -0.15) is 0 Å². The van der Waals surface area contributed by atoms with E-state index >= 15 is 0 Å². The summed E-state index contributed by atoms with van der Waals surface area (Å²) >= 11 is 32.9. The number of nitrogens with zero attached hydrogens (tertiary/aromatic N) is 2. The van der Waals surface area contributed by atoms with E-state index in [0.717, 1.165) is 19.4 Å². The second kappa shape index (κ2) is 9.78. The molecule has 142 valence electrons. The minimum atomic E-state index is 0.174. The van der Waals surface area contributed by atoms with Crippen LogP contribution in [0.3, 0.4) is 0 Å². The van der Waals surface area contributed by atoms with Gasteiger partial charge in [0, 0.05) is 29.1 Å². The van der Waals surface area contributed by atoms with Gasteiger partial charge in [0.15, 0.2) is 0 Å². The molecule has 0 amide bonds. The first-order valence-corrected chi connectivity index (χ1v) is 10.9. The van der Waals surface area contributed by atoms with Crippen molar-refractivity contribution in [2.45, 2.75) is 29.5 Å². The lowest BCUT2D eigenvalue weighted by Crippen LogP contribution is -2.13. The molecule has 2 aromatic carbocycles. The molecule has 0 radical (unpaired) electrons. The zero-order valence-electron chi connectivity index (χ0n) is 14.0. The van der Waals surface area contributed by atoms with Crippen molar-refractivity contribution in [2.24, 2.45) is 0 Å². The van der Waals surface area contributed by atoms with E-state index in [0.29, 0.717) is 14.9 Å². The van der Waals surface area contributed by atoms with E-state index in [2.05, 4.69) is 17.1 Å². The van der Waals surface area contributed by atoms with Gasteiger partial charge in [-0.1, -0.05) is 88.3 Å². The summed E-state index contributed by atoms with van der Waals surface area (Å²) in [6.45, 7) is 0.752. The van der Waals surface area contributed by atoms with Crippen LogP contribution in [0.1, 0.15) is 12.0 Å². The summed E-state index contributed by atoms with van der Waals surface area (Å²) < 4.78 is 2.03. The number of aromatic nitrogens is 2. The highest BCUT2D eigenvalue weighted by Crippen LogP contribution is 2.49. The van der Waals surface area contributed by atoms with Crippen molar-refractivity contribution >= 4 is 69.8 Å². The minimum Gasteiger partial charge on any atom is -0.336 e. The third-order valence-corrected chi connectivity index (χ3v) is 7.89. The summed E-state index contributed by atoms with van der Waals surface area (Å²) in [5.41, 5.74) is 1.28. The number of aryl methyl sites for hydroxylation is 1. The highest BCUT2D eigenvalue weighted by molar-refractivity contribution is 8.00. The molecule has 1 unspecified atom stereocenters. The lowest BCUT2D eigenvalue weighted by molar-refractivity contribution is 0.624. The average molecular weight is 481 g/mol. The monoisotopic (exact) mass is 478 g/mol. The fourth-order valence-corrected chi connectivity index (χ4v) is 5.39. The molecule has 0 spiro atoms. The standard InChI is InChI=1S/C19H15Cl5N2S/c20-14-15(21)17(23)19(18(24)16(14)22)27-13(10-26-9-8-25-11-26)7-6-12-4-2-1-3-5-12/h1-5,8-9,11,13H,6-7,10H2. The zero-order valence-corrected chi connectivity index (χ0v) is 18.6. The third kappa shape index (κ3) is 5.29. The first-order valence-electron chi connectivity index (χ1n) is 8.15. The molecule has 2 nitrogen and oxygen atoms in total. The van der Waals surface area contributed by atoms with Crippen LogP contribution in [0.2, 0.25) is 25.1 Å². The van der Waals surface area contributed by atoms with Gasteiger partial charge in [0.2, 0.25) is 0 Å². The fourth-order valence-electron chi connectivity index (χ4n) is 2.64. The molecule has 0 bridgehead atoms. The Morgan fingerprint density at radius 2 is 1.52 bits per heavy atom. The van der Waals surface area contributed by atoms with Gasteiger partial charge in [-0.05, 0) is 18.4 Å². The van der Waals surface area contributed by atoms with Gasteiger partial charge in [-0.3, -0.25) is 0 Å². The summed E-state index contributed by atoms with van der Waals surface area (Å²) in [6, 6.07) is 10.3. The number of hydrogen-bond donors (Lipinski definition) is 0. The maximum atomic E-state index is 6.42. The Kier molecular flexibility index (Phi) is 7.66. The molecule has 3 rings (SSSR count). The van der Waals surface area contributed by atoms with Crippen LogP contribution in [0.5, 0.6) is 0 Å². The first kappa shape index (κ1) is 21.2. The van der Waals surface area contributed by atoms with Crippen LogP contribution in [-0.4, -0.2) is 14.8 Å². The Labute approximate surface area is 187 Å². The summed E-state index contributed by atoms with van der Waals surface area (Å²) in [5, 5.41) is 1.46. The van der Waals surface area contributed by atoms with Gasteiger partial charge < -0.3 is 4.57 Å². The van der Waals surface area contributed by atoms with E-state index < -0.39 is 0 Å². The molecule has 1 aromatic heterocycles. The molecule has 0 aliphatic carbocycles. The third-order valence-electron chi connectivity index (χ3n) is 4.03. The summed E-state index contributed by atoms with van der Waals surface area (Å²) in [4.78, 5) is 4.77. The molecule has 0 fully saturated rings. The average Bonchev–Trinajstić information content (AvgIpc) is 3.20. The van der Waals surface area contributed by atoms with E-state index in [1.165, 1.54) is 5.56 Å². The van der Waals surface area contributed by atoms with E-state index in [-0.39, 0.29) is 20.3 Å². The molecule has 1 heterocycles. The SMILES string of the molecule is Clc1c(Cl)c(Cl)c(SC(CCc2ccccc2)Cn2ccnc2)c(Cl)c1Cl. The smallest absolute Gasteiger partial charge is 0.0946 e. The lowest BCUT2D eigenvalue weighted by Gasteiger charge is -2.20. The van der Waals surface area contributed by atoms with Gasteiger partial charge in [0.25, 0.3) is 0 Å². The zero-order chi connectivity index (χ0) is 19.4. The normalized spacial score (nSPS) is 12.3. The van der Waals surface area contributed by atoms with Gasteiger partial charge in [0.1, 0.15) is 0 Å². The van der Waals surface area contributed by atoms with E-state index in [4.69, 9.17) is 58.0 Å². The molecule has 1 atom stereocenters. The van der Waals surface area contributed by atoms with E-state index in [1.54, 1.807) is 24.3 Å². The van der Waals surface area contributed by atoms with Crippen LogP contribution in [0.25, 0.3) is 0 Å². The number of rotatable bonds is 7. The molecule has 27 heavy (non-hydrogen) atoms. The van der Waals surface area contributed by atoms with E-state index in [9.17, 15) is 0 Å². The van der Waals surface area contributed by atoms with Crippen LogP contribution in [0.4, 0.5) is 0 Å². The minimum absolute atomic E-state index is 0.174. The Morgan fingerprint density at radius 1 is 0.889 bits per heavy atom. The number of imidazole rings is 1. The van der Waals surface area contributed by atoms with Crippen LogP contribution in [0.15, 0.2) is 53.9 Å². The van der Waals surface area contributed by atoms with Crippen molar-refractivity contribution in [1.29, 1.82) is 0 Å². The number of thioether (sulfide) groups is 1. The molecule has 3 aromatic rings. The second-order valence-electron chi connectivity index (χ2n) is 5.92. The first-order chi connectivity index (χ1) is 13.0. The molecule has 0 aliphatic rings. The lowest BCUT2D eigenvalue weighted by atomic mass is 10.1. The molecule has 0 saturated carbocycles. The van der Waals surface area contributed by atoms with Crippen LogP contribution in [0, 0.1) is 0 Å². The summed E-state index contributed by atoms with van der Waals surface area (Å²) in [6.07, 6.45) is 7.33. The van der Waals surface area contributed by atoms with Crippen LogP contribution < -0.4 is 0 Å². The molecule has 8 heteroatoms. The summed E-state index contributed by atoms with van der Waals surface area (Å²) in [7, 11) is 0. The molecular formula is C19H15Cl5N2S. The van der Waals surface area contributed by atoms with Crippen molar-refractivity contribution < 1.29 is 0 Å². The Hall–Kier alpha value is -0.550. The maximum Gasteiger partial charge on any atom is 0.0946 e. The predicted molar refractivity (Wildman–Crippen MR) is 118 cm³/mol. The van der Waals surface area contributed by atoms with Crippen molar-refractivity contribution in [3.63, 3.8) is 0 Å². The largest absolute Gasteiger partial charge is 0.336 e. The maximum absolute atomic E-state index is 6.42. The number of benzene rings is 2. The molecular weight excluding hydrogens is 466 g/mol. The fraction of sp³-hybridized carbons (Fsp3) is 0.211. The topological polar surface area (TPSA) is 17.8 Å². The Bertz CT molecular complexity index is 871. The van der Waals surface area contributed by atoms with Crippen LogP contribution >= 0.6 is 69.8 Å². The van der Waals surface area contributed by atoms with Crippen molar-refractivity contribution in [1.82, 2.24) is 9.55 Å². The molecule has 0 saturated heterocycles. The molecule has 0 aliphatic heterocycles. The van der Waals surface area contributed by atoms with Crippen LogP contribution in [-0.2, 0) is 13.0 Å². The highest BCUT2D eigenvalue weighted by atomic mass is 35.5.